The number of nitrogens with zero attached hydrogens (tertiary/aromatic N) is 1. The van der Waals surface area contributed by atoms with Crippen LogP contribution in [0.1, 0.15) is 12.8 Å². The Kier molecular flexibility index (Phi) is 5.35. The summed E-state index contributed by atoms with van der Waals surface area (Å²) in [5.74, 6) is 0.229. The Bertz CT molecular complexity index is 347. The number of hydrogen-bond acceptors (Lipinski definition) is 4. The van der Waals surface area contributed by atoms with Crippen LogP contribution in [0.5, 0.6) is 0 Å². The van der Waals surface area contributed by atoms with Crippen LogP contribution in [0.25, 0.3) is 0 Å². The van der Waals surface area contributed by atoms with Crippen LogP contribution in [0.15, 0.2) is 0 Å². The van der Waals surface area contributed by atoms with Crippen molar-refractivity contribution in [2.24, 2.45) is 5.92 Å². The smallest absolute Gasteiger partial charge is 0.245 e. The number of methoxy groups -OCH3 is 1. The summed E-state index contributed by atoms with van der Waals surface area (Å²) in [7, 11) is -1.59. The number of nitrogens with one attached hydrogen (secondary N) is 1. The molecule has 0 bridgehead atoms. The van der Waals surface area contributed by atoms with Crippen molar-refractivity contribution >= 4 is 15.9 Å². The quantitative estimate of drug-likeness (QED) is 0.721. The molecule has 0 aromatic rings. The first-order valence-electron chi connectivity index (χ1n) is 5.64. The van der Waals surface area contributed by atoms with Gasteiger partial charge in [-0.25, -0.2) is 12.7 Å². The van der Waals surface area contributed by atoms with E-state index in [2.05, 4.69) is 5.32 Å². The van der Waals surface area contributed by atoms with Crippen LogP contribution in [0.3, 0.4) is 0 Å². The van der Waals surface area contributed by atoms with Gasteiger partial charge in [-0.15, -0.1) is 0 Å². The second-order valence-corrected chi connectivity index (χ2v) is 6.32. The molecule has 0 unspecified atom stereocenters. The fraction of sp³-hybridized carbons (Fsp3) is 0.900. The molecule has 100 valence electrons. The van der Waals surface area contributed by atoms with Crippen molar-refractivity contribution in [1.29, 1.82) is 0 Å². The van der Waals surface area contributed by atoms with E-state index in [1.165, 1.54) is 17.7 Å². The molecular weight excluding hydrogens is 244 g/mol. The molecule has 0 spiro atoms. The van der Waals surface area contributed by atoms with Crippen LogP contribution >= 0.6 is 0 Å². The summed E-state index contributed by atoms with van der Waals surface area (Å²) in [6, 6.07) is 0. The Morgan fingerprint density at radius 1 is 1.41 bits per heavy atom. The van der Waals surface area contributed by atoms with Crippen LogP contribution < -0.4 is 5.32 Å². The zero-order chi connectivity index (χ0) is 12.9. The van der Waals surface area contributed by atoms with Crippen molar-refractivity contribution in [1.82, 2.24) is 9.62 Å². The molecule has 0 saturated carbocycles. The first-order valence-corrected chi connectivity index (χ1v) is 7.49. The Morgan fingerprint density at radius 3 is 2.47 bits per heavy atom. The summed E-state index contributed by atoms with van der Waals surface area (Å²) < 4.78 is 28.8. The van der Waals surface area contributed by atoms with Crippen LogP contribution in [0.2, 0.25) is 0 Å². The SMILES string of the molecule is COCC(=O)NCC1CCN(S(C)(=O)=O)CC1. The monoisotopic (exact) mass is 264 g/mol. The van der Waals surface area contributed by atoms with Gasteiger partial charge in [0.15, 0.2) is 0 Å². The van der Waals surface area contributed by atoms with Gasteiger partial charge in [0.05, 0.1) is 6.26 Å². The Labute approximate surface area is 102 Å². The molecule has 1 heterocycles. The van der Waals surface area contributed by atoms with Gasteiger partial charge in [0.25, 0.3) is 0 Å². The van der Waals surface area contributed by atoms with Crippen molar-refractivity contribution in [3.63, 3.8) is 0 Å². The summed E-state index contributed by atoms with van der Waals surface area (Å²) in [4.78, 5) is 11.2. The maximum atomic E-state index is 11.3. The highest BCUT2D eigenvalue weighted by Gasteiger charge is 2.24. The van der Waals surface area contributed by atoms with Crippen molar-refractivity contribution < 1.29 is 17.9 Å². The minimum atomic E-state index is -3.06. The van der Waals surface area contributed by atoms with Gasteiger partial charge < -0.3 is 10.1 Å². The van der Waals surface area contributed by atoms with E-state index in [1.807, 2.05) is 0 Å². The van der Waals surface area contributed by atoms with Gasteiger partial charge >= 0.3 is 0 Å². The predicted octanol–water partition coefficient (Wildman–Crippen LogP) is -0.579. The van der Waals surface area contributed by atoms with Crippen molar-refractivity contribution in [3.8, 4) is 0 Å². The van der Waals surface area contributed by atoms with E-state index in [4.69, 9.17) is 4.74 Å². The standard InChI is InChI=1S/C10H20N2O4S/c1-16-8-10(13)11-7-9-3-5-12(6-4-9)17(2,14)15/h9H,3-8H2,1-2H3,(H,11,13). The maximum absolute atomic E-state index is 11.3. The third-order valence-corrected chi connectivity index (χ3v) is 4.21. The summed E-state index contributed by atoms with van der Waals surface area (Å²) in [5, 5.41) is 2.77. The van der Waals surface area contributed by atoms with Crippen LogP contribution in [0, 0.1) is 5.92 Å². The van der Waals surface area contributed by atoms with E-state index in [9.17, 15) is 13.2 Å². The topological polar surface area (TPSA) is 75.7 Å². The largest absolute Gasteiger partial charge is 0.375 e. The minimum Gasteiger partial charge on any atom is -0.375 e. The summed E-state index contributed by atoms with van der Waals surface area (Å²) >= 11 is 0. The molecule has 1 aliphatic rings. The molecule has 1 aliphatic heterocycles. The van der Waals surface area contributed by atoms with E-state index in [0.29, 0.717) is 25.6 Å². The van der Waals surface area contributed by atoms with E-state index >= 15 is 0 Å². The number of hydrogen-bond donors (Lipinski definition) is 1. The second-order valence-electron chi connectivity index (χ2n) is 4.34. The number of sulfonamides is 1. The van der Waals surface area contributed by atoms with E-state index in [-0.39, 0.29) is 12.5 Å². The van der Waals surface area contributed by atoms with Gasteiger partial charge in [-0.2, -0.15) is 0 Å². The molecular formula is C10H20N2O4S. The Hall–Kier alpha value is -0.660. The first kappa shape index (κ1) is 14.4. The molecule has 1 saturated heterocycles. The van der Waals surface area contributed by atoms with E-state index < -0.39 is 10.0 Å². The first-order chi connectivity index (χ1) is 7.93. The van der Waals surface area contributed by atoms with E-state index in [0.717, 1.165) is 12.8 Å². The average Bonchev–Trinajstić information content (AvgIpc) is 2.26. The third-order valence-electron chi connectivity index (χ3n) is 2.91. The van der Waals surface area contributed by atoms with Gasteiger partial charge in [0.2, 0.25) is 15.9 Å². The molecule has 1 N–H and O–H groups in total. The maximum Gasteiger partial charge on any atom is 0.245 e. The Morgan fingerprint density at radius 2 is 2.00 bits per heavy atom. The number of ether oxygens (including phenoxy) is 1. The minimum absolute atomic E-state index is 0.0716. The molecule has 1 rings (SSSR count). The normalized spacial score (nSPS) is 19.2. The van der Waals surface area contributed by atoms with Gasteiger partial charge in [-0.1, -0.05) is 0 Å². The highest BCUT2D eigenvalue weighted by molar-refractivity contribution is 7.88. The number of amides is 1. The second kappa shape index (κ2) is 6.32. The molecule has 17 heavy (non-hydrogen) atoms. The molecule has 0 radical (unpaired) electrons. The van der Waals surface area contributed by atoms with Crippen molar-refractivity contribution in [2.45, 2.75) is 12.8 Å². The number of carbonyl (C=O) groups is 1. The number of carbonyl (C=O) groups excluding carboxylic acids is 1. The van der Waals surface area contributed by atoms with Crippen LogP contribution in [-0.4, -0.2) is 58.2 Å². The summed E-state index contributed by atoms with van der Waals surface area (Å²) in [6.07, 6.45) is 2.81. The molecule has 1 fully saturated rings. The molecule has 6 nitrogen and oxygen atoms in total. The lowest BCUT2D eigenvalue weighted by Gasteiger charge is -2.30. The lowest BCUT2D eigenvalue weighted by Crippen LogP contribution is -2.41. The van der Waals surface area contributed by atoms with Gasteiger partial charge in [0.1, 0.15) is 6.61 Å². The molecule has 0 aromatic carbocycles. The van der Waals surface area contributed by atoms with Crippen molar-refractivity contribution in [3.05, 3.63) is 0 Å². The molecule has 1 amide bonds. The fourth-order valence-electron chi connectivity index (χ4n) is 1.89. The van der Waals surface area contributed by atoms with Crippen LogP contribution in [0.4, 0.5) is 0 Å². The zero-order valence-electron chi connectivity index (χ0n) is 10.3. The highest BCUT2D eigenvalue weighted by Crippen LogP contribution is 2.18. The Balaban J connectivity index is 2.26. The average molecular weight is 264 g/mol. The van der Waals surface area contributed by atoms with Crippen molar-refractivity contribution in [2.75, 3.05) is 39.6 Å². The lowest BCUT2D eigenvalue weighted by atomic mass is 9.98. The number of piperidine rings is 1. The molecule has 7 heteroatoms. The van der Waals surface area contributed by atoms with Gasteiger partial charge in [-0.3, -0.25) is 4.79 Å². The fourth-order valence-corrected chi connectivity index (χ4v) is 2.76. The van der Waals surface area contributed by atoms with E-state index in [1.54, 1.807) is 0 Å². The number of rotatable bonds is 5. The summed E-state index contributed by atoms with van der Waals surface area (Å²) in [5.41, 5.74) is 0. The lowest BCUT2D eigenvalue weighted by molar-refractivity contribution is -0.124. The summed E-state index contributed by atoms with van der Waals surface area (Å²) in [6.45, 7) is 1.76. The highest BCUT2D eigenvalue weighted by atomic mass is 32.2. The third kappa shape index (κ3) is 5.01. The molecule has 0 aromatic heterocycles. The zero-order valence-corrected chi connectivity index (χ0v) is 11.1. The van der Waals surface area contributed by atoms with Crippen LogP contribution in [-0.2, 0) is 19.6 Å². The molecule has 0 atom stereocenters. The molecule has 0 aliphatic carbocycles. The predicted molar refractivity (Wildman–Crippen MR) is 64.0 cm³/mol. The van der Waals surface area contributed by atoms with Gasteiger partial charge in [-0.05, 0) is 18.8 Å². The van der Waals surface area contributed by atoms with Gasteiger partial charge in [0, 0.05) is 26.7 Å².